The molecule has 1 atom stereocenters. The number of nitrogens with two attached hydrogens (primary N) is 1. The van der Waals surface area contributed by atoms with Gasteiger partial charge < -0.3 is 11.1 Å². The molecular weight excluding hydrogens is 150 g/mol. The minimum absolute atomic E-state index is 0.429. The number of nitrogen functional groups attached to an aromatic ring is 1. The largest absolute Gasteiger partial charge is 0.383 e. The van der Waals surface area contributed by atoms with Crippen molar-refractivity contribution < 1.29 is 0 Å². The van der Waals surface area contributed by atoms with Crippen LogP contribution in [0.2, 0.25) is 0 Å². The van der Waals surface area contributed by atoms with Crippen molar-refractivity contribution in [3.63, 3.8) is 0 Å². The van der Waals surface area contributed by atoms with Crippen molar-refractivity contribution >= 4 is 5.82 Å². The monoisotopic (exact) mass is 163 g/mol. The van der Waals surface area contributed by atoms with Gasteiger partial charge in [-0.3, -0.25) is 0 Å². The molecule has 0 bridgehead atoms. The second kappa shape index (κ2) is 3.11. The molecule has 3 heteroatoms. The smallest absolute Gasteiger partial charge is 0.128 e. The molecule has 1 aliphatic heterocycles. The first-order chi connectivity index (χ1) is 5.88. The highest BCUT2D eigenvalue weighted by atomic mass is 15.0. The van der Waals surface area contributed by atoms with Crippen LogP contribution in [0.1, 0.15) is 24.4 Å². The molecule has 0 aliphatic carbocycles. The van der Waals surface area contributed by atoms with Crippen molar-refractivity contribution in [1.82, 2.24) is 10.3 Å². The van der Waals surface area contributed by atoms with Crippen LogP contribution in [0.5, 0.6) is 0 Å². The molecule has 1 aromatic rings. The normalized spacial score (nSPS) is 22.8. The molecule has 64 valence electrons. The maximum atomic E-state index is 5.75. The van der Waals surface area contributed by atoms with Crippen LogP contribution in [0.15, 0.2) is 18.3 Å². The lowest BCUT2D eigenvalue weighted by Gasteiger charge is -2.11. The number of hydrogen-bond donors (Lipinski definition) is 2. The zero-order chi connectivity index (χ0) is 8.39. The molecule has 0 aromatic carbocycles. The first kappa shape index (κ1) is 7.55. The molecule has 1 fully saturated rings. The van der Waals surface area contributed by atoms with Crippen molar-refractivity contribution in [2.24, 2.45) is 0 Å². The number of hydrogen-bond acceptors (Lipinski definition) is 3. The zero-order valence-electron chi connectivity index (χ0n) is 6.96. The minimum Gasteiger partial charge on any atom is -0.383 e. The van der Waals surface area contributed by atoms with Gasteiger partial charge in [0.1, 0.15) is 5.82 Å². The van der Waals surface area contributed by atoms with Crippen LogP contribution >= 0.6 is 0 Å². The molecular formula is C9H13N3. The predicted octanol–water partition coefficient (Wildman–Crippen LogP) is 1.09. The van der Waals surface area contributed by atoms with Crippen LogP contribution in [-0.4, -0.2) is 11.5 Å². The van der Waals surface area contributed by atoms with E-state index in [-0.39, 0.29) is 0 Å². The molecule has 3 N–H and O–H groups in total. The Morgan fingerprint density at radius 1 is 1.58 bits per heavy atom. The van der Waals surface area contributed by atoms with Gasteiger partial charge in [-0.15, -0.1) is 0 Å². The number of rotatable bonds is 1. The third-order valence-electron chi connectivity index (χ3n) is 2.31. The molecule has 1 unspecified atom stereocenters. The van der Waals surface area contributed by atoms with Crippen LogP contribution in [0, 0.1) is 0 Å². The molecule has 12 heavy (non-hydrogen) atoms. The topological polar surface area (TPSA) is 50.9 Å². The Kier molecular flexibility index (Phi) is 1.96. The van der Waals surface area contributed by atoms with Gasteiger partial charge in [0.15, 0.2) is 0 Å². The summed E-state index contributed by atoms with van der Waals surface area (Å²) < 4.78 is 0. The van der Waals surface area contributed by atoms with Crippen molar-refractivity contribution in [3.8, 4) is 0 Å². The highest BCUT2D eigenvalue weighted by Crippen LogP contribution is 2.25. The second-order valence-corrected chi connectivity index (χ2v) is 3.13. The summed E-state index contributed by atoms with van der Waals surface area (Å²) in [6, 6.07) is 4.41. The fourth-order valence-corrected chi connectivity index (χ4v) is 1.67. The highest BCUT2D eigenvalue weighted by molar-refractivity contribution is 5.41. The first-order valence-electron chi connectivity index (χ1n) is 4.31. The number of pyridine rings is 1. The van der Waals surface area contributed by atoms with E-state index in [0.29, 0.717) is 11.9 Å². The lowest BCUT2D eigenvalue weighted by molar-refractivity contribution is 0.647. The Balaban J connectivity index is 2.26. The van der Waals surface area contributed by atoms with E-state index in [1.165, 1.54) is 12.8 Å². The van der Waals surface area contributed by atoms with Crippen LogP contribution < -0.4 is 11.1 Å². The van der Waals surface area contributed by atoms with E-state index in [1.54, 1.807) is 6.20 Å². The summed E-state index contributed by atoms with van der Waals surface area (Å²) in [6.07, 6.45) is 4.14. The van der Waals surface area contributed by atoms with E-state index in [1.807, 2.05) is 12.1 Å². The van der Waals surface area contributed by atoms with Crippen LogP contribution in [0.25, 0.3) is 0 Å². The van der Waals surface area contributed by atoms with Gasteiger partial charge in [0.25, 0.3) is 0 Å². The summed E-state index contributed by atoms with van der Waals surface area (Å²) in [6.45, 7) is 1.10. The van der Waals surface area contributed by atoms with Gasteiger partial charge in [-0.2, -0.15) is 0 Å². The van der Waals surface area contributed by atoms with Crippen LogP contribution in [0.3, 0.4) is 0 Å². The summed E-state index contributed by atoms with van der Waals surface area (Å²) in [7, 11) is 0. The molecule has 1 aromatic heterocycles. The highest BCUT2D eigenvalue weighted by Gasteiger charge is 2.17. The van der Waals surface area contributed by atoms with Crippen molar-refractivity contribution in [2.45, 2.75) is 18.9 Å². The lowest BCUT2D eigenvalue weighted by Crippen LogP contribution is -2.14. The Labute approximate surface area is 72.0 Å². The zero-order valence-corrected chi connectivity index (χ0v) is 6.96. The molecule has 2 rings (SSSR count). The standard InChI is InChI=1S/C9H13N3/c10-9-7(3-1-6-12-9)8-4-2-5-11-8/h1,3,6,8,11H,2,4-5H2,(H2,10,12). The summed E-state index contributed by atoms with van der Waals surface area (Å²) in [4.78, 5) is 4.06. The van der Waals surface area contributed by atoms with E-state index in [2.05, 4.69) is 10.3 Å². The van der Waals surface area contributed by atoms with Gasteiger partial charge >= 0.3 is 0 Å². The van der Waals surface area contributed by atoms with E-state index in [4.69, 9.17) is 5.73 Å². The third kappa shape index (κ3) is 1.28. The number of nitrogens with one attached hydrogen (secondary N) is 1. The second-order valence-electron chi connectivity index (χ2n) is 3.13. The SMILES string of the molecule is Nc1ncccc1C1CCCN1. The molecule has 2 heterocycles. The fourth-order valence-electron chi connectivity index (χ4n) is 1.67. The fraction of sp³-hybridized carbons (Fsp3) is 0.444. The molecule has 1 aliphatic rings. The van der Waals surface area contributed by atoms with Gasteiger partial charge in [-0.05, 0) is 25.5 Å². The molecule has 0 radical (unpaired) electrons. The Morgan fingerprint density at radius 3 is 3.17 bits per heavy atom. The molecule has 1 saturated heterocycles. The number of aromatic nitrogens is 1. The molecule has 0 spiro atoms. The first-order valence-corrected chi connectivity index (χ1v) is 4.31. The summed E-state index contributed by atoms with van der Waals surface area (Å²) in [5, 5.41) is 3.39. The van der Waals surface area contributed by atoms with Gasteiger partial charge in [0.05, 0.1) is 0 Å². The van der Waals surface area contributed by atoms with E-state index in [9.17, 15) is 0 Å². The average Bonchev–Trinajstić information content (AvgIpc) is 2.57. The number of anilines is 1. The predicted molar refractivity (Wildman–Crippen MR) is 48.6 cm³/mol. The quantitative estimate of drug-likeness (QED) is 0.651. The average molecular weight is 163 g/mol. The van der Waals surface area contributed by atoms with Crippen molar-refractivity contribution in [3.05, 3.63) is 23.9 Å². The maximum Gasteiger partial charge on any atom is 0.128 e. The van der Waals surface area contributed by atoms with E-state index in [0.717, 1.165) is 12.1 Å². The van der Waals surface area contributed by atoms with E-state index >= 15 is 0 Å². The van der Waals surface area contributed by atoms with Crippen molar-refractivity contribution in [2.75, 3.05) is 12.3 Å². The molecule has 3 nitrogen and oxygen atoms in total. The van der Waals surface area contributed by atoms with Crippen LogP contribution in [-0.2, 0) is 0 Å². The Hall–Kier alpha value is -1.09. The van der Waals surface area contributed by atoms with Gasteiger partial charge in [-0.1, -0.05) is 6.07 Å². The molecule has 0 amide bonds. The summed E-state index contributed by atoms with van der Waals surface area (Å²) >= 11 is 0. The van der Waals surface area contributed by atoms with E-state index < -0.39 is 0 Å². The third-order valence-corrected chi connectivity index (χ3v) is 2.31. The van der Waals surface area contributed by atoms with Crippen LogP contribution in [0.4, 0.5) is 5.82 Å². The Morgan fingerprint density at radius 2 is 2.50 bits per heavy atom. The van der Waals surface area contributed by atoms with Gasteiger partial charge in [0, 0.05) is 17.8 Å². The molecule has 0 saturated carbocycles. The summed E-state index contributed by atoms with van der Waals surface area (Å²) in [5.74, 6) is 0.664. The van der Waals surface area contributed by atoms with Crippen molar-refractivity contribution in [1.29, 1.82) is 0 Å². The summed E-state index contributed by atoms with van der Waals surface area (Å²) in [5.41, 5.74) is 6.90. The Bertz CT molecular complexity index is 266. The van der Waals surface area contributed by atoms with Gasteiger partial charge in [-0.25, -0.2) is 4.98 Å². The minimum atomic E-state index is 0.429. The lowest BCUT2D eigenvalue weighted by atomic mass is 10.1. The van der Waals surface area contributed by atoms with Gasteiger partial charge in [0.2, 0.25) is 0 Å². The maximum absolute atomic E-state index is 5.75. The number of nitrogens with zero attached hydrogens (tertiary/aromatic N) is 1.